The molecule has 1 aromatic rings. The monoisotopic (exact) mass is 217 g/mol. The molecule has 0 saturated carbocycles. The number of benzene rings is 1. The number of halogens is 1. The number of hydrogen-bond acceptors (Lipinski definition) is 3. The van der Waals surface area contributed by atoms with Crippen molar-refractivity contribution in [3.63, 3.8) is 0 Å². The number of nitrogens with one attached hydrogen (secondary N) is 1. The van der Waals surface area contributed by atoms with Crippen LogP contribution in [0.1, 0.15) is 25.3 Å². The highest BCUT2D eigenvalue weighted by atomic mass is 19.1. The molecule has 1 unspecified atom stereocenters. The van der Waals surface area contributed by atoms with Gasteiger partial charge >= 0.3 is 0 Å². The lowest BCUT2D eigenvalue weighted by atomic mass is 10.1. The summed E-state index contributed by atoms with van der Waals surface area (Å²) in [7, 11) is 0. The molecule has 0 saturated heterocycles. The minimum Gasteiger partial charge on any atom is -0.380 e. The smallest absolute Gasteiger partial charge is 0.124 e. The summed E-state index contributed by atoms with van der Waals surface area (Å²) < 4.78 is 12.9. The van der Waals surface area contributed by atoms with E-state index in [1.807, 2.05) is 13.0 Å². The van der Waals surface area contributed by atoms with E-state index in [-0.39, 0.29) is 11.6 Å². The van der Waals surface area contributed by atoms with Crippen LogP contribution in [0.2, 0.25) is 0 Å². The largest absolute Gasteiger partial charge is 0.380 e. The van der Waals surface area contributed by atoms with E-state index >= 15 is 0 Å². The van der Waals surface area contributed by atoms with Crippen molar-refractivity contribution in [1.29, 1.82) is 10.5 Å². The third-order valence-electron chi connectivity index (χ3n) is 2.29. The van der Waals surface area contributed by atoms with Gasteiger partial charge in [0.2, 0.25) is 0 Å². The summed E-state index contributed by atoms with van der Waals surface area (Å²) >= 11 is 0. The van der Waals surface area contributed by atoms with Crippen LogP contribution in [0, 0.1) is 28.5 Å². The summed E-state index contributed by atoms with van der Waals surface area (Å²) in [6, 6.07) is 7.98. The SMILES string of the molecule is CCC(CC#N)Nc1ccc(F)cc1C#N. The number of nitrogens with zero attached hydrogens (tertiary/aromatic N) is 2. The quantitative estimate of drug-likeness (QED) is 0.843. The second kappa shape index (κ2) is 5.72. The van der Waals surface area contributed by atoms with Gasteiger partial charge in [-0.25, -0.2) is 4.39 Å². The molecule has 0 bridgehead atoms. The van der Waals surface area contributed by atoms with Crippen LogP contribution in [0.25, 0.3) is 0 Å². The lowest BCUT2D eigenvalue weighted by Gasteiger charge is -2.15. The predicted octanol–water partition coefficient (Wildman–Crippen LogP) is 2.80. The van der Waals surface area contributed by atoms with E-state index in [1.165, 1.54) is 18.2 Å². The van der Waals surface area contributed by atoms with Crippen molar-refractivity contribution in [2.75, 3.05) is 5.32 Å². The average molecular weight is 217 g/mol. The van der Waals surface area contributed by atoms with Gasteiger partial charge in [-0.3, -0.25) is 0 Å². The van der Waals surface area contributed by atoms with Crippen molar-refractivity contribution in [2.24, 2.45) is 0 Å². The Morgan fingerprint density at radius 2 is 2.19 bits per heavy atom. The highest BCUT2D eigenvalue weighted by Gasteiger charge is 2.09. The molecule has 4 heteroatoms. The zero-order valence-electron chi connectivity index (χ0n) is 9.00. The van der Waals surface area contributed by atoms with E-state index in [1.54, 1.807) is 0 Å². The lowest BCUT2D eigenvalue weighted by Crippen LogP contribution is -2.18. The van der Waals surface area contributed by atoms with Crippen molar-refractivity contribution < 1.29 is 4.39 Å². The first kappa shape index (κ1) is 12.0. The zero-order chi connectivity index (χ0) is 12.0. The van der Waals surface area contributed by atoms with Crippen molar-refractivity contribution >= 4 is 5.69 Å². The van der Waals surface area contributed by atoms with E-state index in [9.17, 15) is 4.39 Å². The molecular weight excluding hydrogens is 205 g/mol. The van der Waals surface area contributed by atoms with Crippen molar-refractivity contribution in [2.45, 2.75) is 25.8 Å². The van der Waals surface area contributed by atoms with Crippen molar-refractivity contribution in [3.8, 4) is 12.1 Å². The molecule has 0 radical (unpaired) electrons. The van der Waals surface area contributed by atoms with Crippen LogP contribution in [-0.4, -0.2) is 6.04 Å². The maximum absolute atomic E-state index is 12.9. The molecule has 0 aliphatic rings. The molecule has 0 aliphatic heterocycles. The third kappa shape index (κ3) is 2.96. The van der Waals surface area contributed by atoms with Gasteiger partial charge in [-0.1, -0.05) is 6.92 Å². The van der Waals surface area contributed by atoms with Gasteiger partial charge in [0.15, 0.2) is 0 Å². The van der Waals surface area contributed by atoms with Crippen molar-refractivity contribution in [1.82, 2.24) is 0 Å². The van der Waals surface area contributed by atoms with Crippen molar-refractivity contribution in [3.05, 3.63) is 29.6 Å². The second-order valence-electron chi connectivity index (χ2n) is 3.41. The summed E-state index contributed by atoms with van der Waals surface area (Å²) in [5.74, 6) is -0.435. The molecule has 3 nitrogen and oxygen atoms in total. The number of nitriles is 2. The fourth-order valence-electron chi connectivity index (χ4n) is 1.36. The van der Waals surface area contributed by atoms with Crippen LogP contribution in [0.3, 0.4) is 0 Å². The van der Waals surface area contributed by atoms with Gasteiger partial charge in [-0.15, -0.1) is 0 Å². The summed E-state index contributed by atoms with van der Waals surface area (Å²) in [4.78, 5) is 0. The first-order chi connectivity index (χ1) is 7.71. The second-order valence-corrected chi connectivity index (χ2v) is 3.41. The van der Waals surface area contributed by atoms with Crippen LogP contribution in [0.5, 0.6) is 0 Å². The standard InChI is InChI=1S/C12H12FN3/c1-2-11(5-6-14)16-12-4-3-10(13)7-9(12)8-15/h3-4,7,11,16H,2,5H2,1H3. The fourth-order valence-corrected chi connectivity index (χ4v) is 1.36. The van der Waals surface area contributed by atoms with E-state index in [0.29, 0.717) is 12.1 Å². The number of hydrogen-bond donors (Lipinski definition) is 1. The van der Waals surface area contributed by atoms with Gasteiger partial charge in [-0.05, 0) is 24.6 Å². The van der Waals surface area contributed by atoms with E-state index < -0.39 is 5.82 Å². The van der Waals surface area contributed by atoms with Crippen LogP contribution < -0.4 is 5.32 Å². The normalized spacial score (nSPS) is 11.2. The predicted molar refractivity (Wildman–Crippen MR) is 59.0 cm³/mol. The van der Waals surface area contributed by atoms with E-state index in [2.05, 4.69) is 11.4 Å². The Bertz CT molecular complexity index is 443. The summed E-state index contributed by atoms with van der Waals surface area (Å²) in [5, 5.41) is 20.5. The Hall–Kier alpha value is -2.07. The maximum atomic E-state index is 12.9. The topological polar surface area (TPSA) is 59.6 Å². The molecule has 0 amide bonds. The first-order valence-corrected chi connectivity index (χ1v) is 5.04. The summed E-state index contributed by atoms with van der Waals surface area (Å²) in [5.41, 5.74) is 0.836. The molecule has 0 heterocycles. The molecule has 0 spiro atoms. The van der Waals surface area contributed by atoms with Crippen LogP contribution in [0.15, 0.2) is 18.2 Å². The maximum Gasteiger partial charge on any atom is 0.124 e. The molecule has 1 rings (SSSR count). The van der Waals surface area contributed by atoms with Gasteiger partial charge in [-0.2, -0.15) is 10.5 Å². The minimum atomic E-state index is -0.435. The Balaban J connectivity index is 2.89. The molecular formula is C12H12FN3. The molecule has 1 atom stereocenters. The molecule has 1 N–H and O–H groups in total. The molecule has 16 heavy (non-hydrogen) atoms. The third-order valence-corrected chi connectivity index (χ3v) is 2.29. The molecule has 82 valence electrons. The molecule has 0 aromatic heterocycles. The Labute approximate surface area is 94.1 Å². The Morgan fingerprint density at radius 3 is 2.75 bits per heavy atom. The van der Waals surface area contributed by atoms with E-state index in [0.717, 1.165) is 6.42 Å². The van der Waals surface area contributed by atoms with Gasteiger partial charge in [0, 0.05) is 6.04 Å². The van der Waals surface area contributed by atoms with Crippen LogP contribution in [-0.2, 0) is 0 Å². The molecule has 0 fully saturated rings. The highest BCUT2D eigenvalue weighted by molar-refractivity contribution is 5.57. The summed E-state index contributed by atoms with van der Waals surface area (Å²) in [6.07, 6.45) is 1.13. The number of rotatable bonds is 4. The first-order valence-electron chi connectivity index (χ1n) is 5.04. The molecule has 0 aliphatic carbocycles. The van der Waals surface area contributed by atoms with Gasteiger partial charge in [0.1, 0.15) is 11.9 Å². The van der Waals surface area contributed by atoms with Crippen LogP contribution in [0.4, 0.5) is 10.1 Å². The van der Waals surface area contributed by atoms with Gasteiger partial charge < -0.3 is 5.32 Å². The zero-order valence-corrected chi connectivity index (χ0v) is 9.00. The number of anilines is 1. The van der Waals surface area contributed by atoms with Gasteiger partial charge in [0.05, 0.1) is 23.7 Å². The van der Waals surface area contributed by atoms with Crippen LogP contribution >= 0.6 is 0 Å². The highest BCUT2D eigenvalue weighted by Crippen LogP contribution is 2.18. The van der Waals surface area contributed by atoms with Gasteiger partial charge in [0.25, 0.3) is 0 Å². The minimum absolute atomic E-state index is 0.0115. The fraction of sp³-hybridized carbons (Fsp3) is 0.333. The average Bonchev–Trinajstić information content (AvgIpc) is 2.30. The van der Waals surface area contributed by atoms with E-state index in [4.69, 9.17) is 10.5 Å². The Kier molecular flexibility index (Phi) is 4.29. The summed E-state index contributed by atoms with van der Waals surface area (Å²) in [6.45, 7) is 1.95. The lowest BCUT2D eigenvalue weighted by molar-refractivity contribution is 0.627. The molecule has 1 aromatic carbocycles. The Morgan fingerprint density at radius 1 is 1.44 bits per heavy atom.